The first-order valence-electron chi connectivity index (χ1n) is 14.1. The van der Waals surface area contributed by atoms with E-state index in [1.54, 1.807) is 30.5 Å². The first-order valence-corrected chi connectivity index (χ1v) is 15.0. The number of carbonyl (C=O) groups is 2. The summed E-state index contributed by atoms with van der Waals surface area (Å²) in [5, 5.41) is 4.82. The van der Waals surface area contributed by atoms with Crippen LogP contribution in [0.5, 0.6) is 0 Å². The Morgan fingerprint density at radius 1 is 1.07 bits per heavy atom. The predicted molar refractivity (Wildman–Crippen MR) is 154 cm³/mol. The molecule has 1 saturated carbocycles. The smallest absolute Gasteiger partial charge is 0.255 e. The number of aromatic nitrogens is 2. The van der Waals surface area contributed by atoms with E-state index in [0.717, 1.165) is 49.1 Å². The van der Waals surface area contributed by atoms with Gasteiger partial charge in [-0.05, 0) is 85.4 Å². The van der Waals surface area contributed by atoms with Crippen molar-refractivity contribution >= 4 is 34.5 Å². The first kappa shape index (κ1) is 25.3. The van der Waals surface area contributed by atoms with Crippen molar-refractivity contribution < 1.29 is 14.0 Å². The first-order chi connectivity index (χ1) is 19.4. The molecule has 7 nitrogen and oxygen atoms in total. The highest BCUT2D eigenvalue weighted by molar-refractivity contribution is 7.10. The summed E-state index contributed by atoms with van der Waals surface area (Å²) in [5.74, 6) is 0.00835. The zero-order valence-corrected chi connectivity index (χ0v) is 23.5. The molecule has 2 fully saturated rings. The van der Waals surface area contributed by atoms with E-state index in [4.69, 9.17) is 4.98 Å². The fourth-order valence-corrected chi connectivity index (χ4v) is 7.30. The topological polar surface area (TPSA) is 70.0 Å². The van der Waals surface area contributed by atoms with Gasteiger partial charge in [-0.1, -0.05) is 0 Å². The van der Waals surface area contributed by atoms with E-state index in [9.17, 15) is 9.59 Å². The van der Waals surface area contributed by atoms with E-state index in [2.05, 4.69) is 28.6 Å². The lowest BCUT2D eigenvalue weighted by atomic mass is 10.00. The Labute approximate surface area is 236 Å². The van der Waals surface area contributed by atoms with Crippen molar-refractivity contribution in [2.75, 3.05) is 31.6 Å². The van der Waals surface area contributed by atoms with Crippen LogP contribution in [0.25, 0.3) is 16.9 Å². The van der Waals surface area contributed by atoms with Gasteiger partial charge < -0.3 is 19.5 Å². The fraction of sp³-hybridized carbons (Fsp3) is 0.387. The van der Waals surface area contributed by atoms with Crippen molar-refractivity contribution in [2.45, 2.75) is 44.6 Å². The van der Waals surface area contributed by atoms with E-state index >= 15 is 4.39 Å². The summed E-state index contributed by atoms with van der Waals surface area (Å²) in [7, 11) is 1.65. The van der Waals surface area contributed by atoms with Crippen molar-refractivity contribution in [2.24, 2.45) is 5.92 Å². The van der Waals surface area contributed by atoms with Crippen LogP contribution >= 0.6 is 11.3 Å². The number of imidazole rings is 1. The molecule has 5 heterocycles. The molecule has 1 aliphatic carbocycles. The summed E-state index contributed by atoms with van der Waals surface area (Å²) in [6, 6.07) is 9.40. The molecule has 4 aromatic rings. The standard InChI is InChI=1S/C31H32FN5O2S/c1-18-23-9-12-40-28(23)8-11-37(18)31(39)21-13-25(19-3-4-19)29-34-27(17-36(29)16-21)24-6-5-22(14-26(24)32)35-10-7-20(15-35)30(38)33-2/h5-6,9,12-14,16-20H,3-4,7-8,10-11,15H2,1-2H3,(H,33,38)/t18-,20+/m1/s1. The van der Waals surface area contributed by atoms with Gasteiger partial charge in [-0.3, -0.25) is 9.59 Å². The van der Waals surface area contributed by atoms with Gasteiger partial charge in [0.25, 0.3) is 5.91 Å². The Morgan fingerprint density at radius 3 is 2.70 bits per heavy atom. The van der Waals surface area contributed by atoms with E-state index in [-0.39, 0.29) is 29.6 Å². The monoisotopic (exact) mass is 557 g/mol. The van der Waals surface area contributed by atoms with Crippen molar-refractivity contribution in [3.63, 3.8) is 0 Å². The Morgan fingerprint density at radius 2 is 1.93 bits per heavy atom. The van der Waals surface area contributed by atoms with Crippen LogP contribution in [0.15, 0.2) is 48.1 Å². The second kappa shape index (κ2) is 9.73. The maximum atomic E-state index is 15.5. The zero-order valence-electron chi connectivity index (χ0n) is 22.7. The van der Waals surface area contributed by atoms with Crippen LogP contribution in [0.2, 0.25) is 0 Å². The molecule has 40 heavy (non-hydrogen) atoms. The Bertz CT molecular complexity index is 1640. The molecule has 7 rings (SSSR count). The van der Waals surface area contributed by atoms with Crippen LogP contribution in [0.1, 0.15) is 64.5 Å². The van der Waals surface area contributed by atoms with E-state index < -0.39 is 0 Å². The lowest BCUT2D eigenvalue weighted by Crippen LogP contribution is -2.38. The molecule has 9 heteroatoms. The van der Waals surface area contributed by atoms with Crippen molar-refractivity contribution in [1.82, 2.24) is 19.6 Å². The van der Waals surface area contributed by atoms with Gasteiger partial charge >= 0.3 is 0 Å². The van der Waals surface area contributed by atoms with Gasteiger partial charge in [0.2, 0.25) is 5.91 Å². The van der Waals surface area contributed by atoms with Crippen LogP contribution in [-0.4, -0.2) is 52.8 Å². The average Bonchev–Trinajstić information content (AvgIpc) is 3.32. The molecule has 0 spiro atoms. The molecular weight excluding hydrogens is 525 g/mol. The van der Waals surface area contributed by atoms with E-state index in [1.165, 1.54) is 10.4 Å². The van der Waals surface area contributed by atoms with Crippen molar-refractivity contribution in [3.05, 3.63) is 75.5 Å². The number of benzene rings is 1. The largest absolute Gasteiger partial charge is 0.371 e. The van der Waals surface area contributed by atoms with Gasteiger partial charge in [-0.15, -0.1) is 11.3 Å². The zero-order chi connectivity index (χ0) is 27.5. The lowest BCUT2D eigenvalue weighted by Gasteiger charge is -2.33. The highest BCUT2D eigenvalue weighted by Gasteiger charge is 2.33. The average molecular weight is 558 g/mol. The number of amides is 2. The number of halogens is 1. The van der Waals surface area contributed by atoms with Gasteiger partial charge in [0.05, 0.1) is 23.2 Å². The molecule has 2 atom stereocenters. The molecule has 0 unspecified atom stereocenters. The molecule has 206 valence electrons. The fourth-order valence-electron chi connectivity index (χ4n) is 6.34. The summed E-state index contributed by atoms with van der Waals surface area (Å²) < 4.78 is 17.4. The van der Waals surface area contributed by atoms with E-state index in [0.29, 0.717) is 35.8 Å². The second-order valence-corrected chi connectivity index (χ2v) is 12.2. The van der Waals surface area contributed by atoms with Gasteiger partial charge in [0, 0.05) is 55.2 Å². The molecule has 2 amide bonds. The van der Waals surface area contributed by atoms with Crippen molar-refractivity contribution in [3.8, 4) is 11.3 Å². The quantitative estimate of drug-likeness (QED) is 0.356. The maximum Gasteiger partial charge on any atom is 0.255 e. The van der Waals surface area contributed by atoms with Crippen LogP contribution < -0.4 is 10.2 Å². The van der Waals surface area contributed by atoms with Crippen LogP contribution in [-0.2, 0) is 11.2 Å². The highest BCUT2D eigenvalue weighted by Crippen LogP contribution is 2.43. The normalized spacial score (nSPS) is 20.7. The SMILES string of the molecule is CNC(=O)[C@H]1CCN(c2ccc(-c3cn4cc(C(=O)N5CCc6sccc6[C@H]5C)cc(C5CC5)c4n3)c(F)c2)C1. The molecule has 1 saturated heterocycles. The number of thiophene rings is 1. The van der Waals surface area contributed by atoms with Gasteiger partial charge in [-0.25, -0.2) is 9.37 Å². The molecule has 0 radical (unpaired) electrons. The molecule has 2 aliphatic heterocycles. The summed E-state index contributed by atoms with van der Waals surface area (Å²) in [6.45, 7) is 4.11. The number of pyridine rings is 1. The molecular formula is C31H32FN5O2S. The number of hydrogen-bond donors (Lipinski definition) is 1. The van der Waals surface area contributed by atoms with E-state index in [1.807, 2.05) is 33.8 Å². The number of fused-ring (bicyclic) bond motifs is 2. The third-order valence-corrected chi connectivity index (χ3v) is 9.78. The molecule has 3 aromatic heterocycles. The summed E-state index contributed by atoms with van der Waals surface area (Å²) >= 11 is 1.77. The molecule has 1 N–H and O–H groups in total. The van der Waals surface area contributed by atoms with Gasteiger partial charge in [0.15, 0.2) is 0 Å². The third-order valence-electron chi connectivity index (χ3n) is 8.78. The third kappa shape index (κ3) is 4.27. The maximum absolute atomic E-state index is 15.5. The minimum absolute atomic E-state index is 0.0274. The van der Waals surface area contributed by atoms with Gasteiger partial charge in [-0.2, -0.15) is 0 Å². The molecule has 1 aromatic carbocycles. The summed E-state index contributed by atoms with van der Waals surface area (Å²) in [5.41, 5.74) is 5.50. The second-order valence-electron chi connectivity index (χ2n) is 11.2. The summed E-state index contributed by atoms with van der Waals surface area (Å²) in [6.07, 6.45) is 7.48. The minimum Gasteiger partial charge on any atom is -0.371 e. The Hall–Kier alpha value is -3.72. The van der Waals surface area contributed by atoms with Crippen LogP contribution in [0.3, 0.4) is 0 Å². The molecule has 3 aliphatic rings. The minimum atomic E-state index is -0.345. The predicted octanol–water partition coefficient (Wildman–Crippen LogP) is 5.41. The lowest BCUT2D eigenvalue weighted by molar-refractivity contribution is -0.123. The number of nitrogens with one attached hydrogen (secondary N) is 1. The van der Waals surface area contributed by atoms with Gasteiger partial charge in [0.1, 0.15) is 11.5 Å². The van der Waals surface area contributed by atoms with Crippen LogP contribution in [0, 0.1) is 11.7 Å². The Balaban J connectivity index is 1.19. The number of anilines is 1. The van der Waals surface area contributed by atoms with Crippen LogP contribution in [0.4, 0.5) is 10.1 Å². The summed E-state index contributed by atoms with van der Waals surface area (Å²) in [4.78, 5) is 36.0. The number of rotatable bonds is 5. The number of carbonyl (C=O) groups excluding carboxylic acids is 2. The highest BCUT2D eigenvalue weighted by atomic mass is 32.1. The van der Waals surface area contributed by atoms with Crippen molar-refractivity contribution in [1.29, 1.82) is 0 Å². The number of hydrogen-bond acceptors (Lipinski definition) is 5. The number of nitrogens with zero attached hydrogens (tertiary/aromatic N) is 4. The Kier molecular flexibility index (Phi) is 6.14. The molecule has 0 bridgehead atoms.